The van der Waals surface area contributed by atoms with Crippen molar-refractivity contribution in [2.75, 3.05) is 18.0 Å². The van der Waals surface area contributed by atoms with Gasteiger partial charge in [0, 0.05) is 25.4 Å². The summed E-state index contributed by atoms with van der Waals surface area (Å²) < 4.78 is 18.6. The number of aromatic nitrogens is 2. The molecule has 3 rings (SSSR count). The monoisotopic (exact) mass is 275 g/mol. The van der Waals surface area contributed by atoms with Crippen molar-refractivity contribution >= 4 is 6.01 Å². The first-order valence-electron chi connectivity index (χ1n) is 7.09. The van der Waals surface area contributed by atoms with E-state index in [0.29, 0.717) is 17.8 Å². The summed E-state index contributed by atoms with van der Waals surface area (Å²) in [5, 5.41) is 8.16. The van der Waals surface area contributed by atoms with Gasteiger partial charge < -0.3 is 9.32 Å². The van der Waals surface area contributed by atoms with Gasteiger partial charge in [-0.25, -0.2) is 4.39 Å². The van der Waals surface area contributed by atoms with E-state index in [4.69, 9.17) is 4.42 Å². The highest BCUT2D eigenvalue weighted by Gasteiger charge is 2.27. The SMILES string of the molecule is CCCc1nnc(N2CCC(c3ccc(F)cc3)C2)o1. The molecule has 1 aromatic carbocycles. The maximum atomic E-state index is 12.9. The number of anilines is 1. The minimum atomic E-state index is -0.190. The summed E-state index contributed by atoms with van der Waals surface area (Å²) in [7, 11) is 0. The van der Waals surface area contributed by atoms with Crippen molar-refractivity contribution in [3.8, 4) is 0 Å². The molecule has 0 bridgehead atoms. The van der Waals surface area contributed by atoms with E-state index >= 15 is 0 Å². The number of nitrogens with zero attached hydrogens (tertiary/aromatic N) is 3. The quantitative estimate of drug-likeness (QED) is 0.859. The van der Waals surface area contributed by atoms with E-state index in [1.54, 1.807) is 0 Å². The van der Waals surface area contributed by atoms with Crippen molar-refractivity contribution in [2.45, 2.75) is 32.1 Å². The predicted molar refractivity (Wildman–Crippen MR) is 74.3 cm³/mol. The second-order valence-corrected chi connectivity index (χ2v) is 5.21. The van der Waals surface area contributed by atoms with Gasteiger partial charge in [0.1, 0.15) is 5.82 Å². The molecule has 0 aliphatic carbocycles. The van der Waals surface area contributed by atoms with Crippen molar-refractivity contribution in [1.29, 1.82) is 0 Å². The molecule has 5 heteroatoms. The summed E-state index contributed by atoms with van der Waals surface area (Å²) in [6, 6.07) is 7.37. The molecule has 0 amide bonds. The standard InChI is InChI=1S/C15H18FN3O/c1-2-3-14-17-18-15(20-14)19-9-8-12(10-19)11-4-6-13(16)7-5-11/h4-7,12H,2-3,8-10H2,1H3. The Morgan fingerprint density at radius 1 is 1.30 bits per heavy atom. The number of rotatable bonds is 4. The molecule has 1 aliphatic rings. The molecule has 1 aliphatic heterocycles. The Balaban J connectivity index is 1.68. The molecule has 106 valence electrons. The van der Waals surface area contributed by atoms with Crippen LogP contribution in [0.3, 0.4) is 0 Å². The van der Waals surface area contributed by atoms with Gasteiger partial charge in [-0.15, -0.1) is 5.10 Å². The zero-order valence-electron chi connectivity index (χ0n) is 11.6. The summed E-state index contributed by atoms with van der Waals surface area (Å²) in [6.07, 6.45) is 2.85. The first-order valence-corrected chi connectivity index (χ1v) is 7.09. The van der Waals surface area contributed by atoms with Crippen LogP contribution >= 0.6 is 0 Å². The molecule has 1 aromatic heterocycles. The molecule has 2 aromatic rings. The highest BCUT2D eigenvalue weighted by Crippen LogP contribution is 2.30. The Kier molecular flexibility index (Phi) is 3.67. The van der Waals surface area contributed by atoms with Gasteiger partial charge >= 0.3 is 6.01 Å². The smallest absolute Gasteiger partial charge is 0.318 e. The fourth-order valence-corrected chi connectivity index (χ4v) is 2.63. The van der Waals surface area contributed by atoms with E-state index in [0.717, 1.165) is 32.4 Å². The van der Waals surface area contributed by atoms with Crippen LogP contribution in [0.2, 0.25) is 0 Å². The van der Waals surface area contributed by atoms with Crippen molar-refractivity contribution in [3.63, 3.8) is 0 Å². The average Bonchev–Trinajstić information content (AvgIpc) is 3.08. The number of hydrogen-bond acceptors (Lipinski definition) is 4. The molecular formula is C15H18FN3O. The number of halogens is 1. The van der Waals surface area contributed by atoms with Crippen LogP contribution in [0.5, 0.6) is 0 Å². The molecule has 0 saturated carbocycles. The highest BCUT2D eigenvalue weighted by atomic mass is 19.1. The number of aryl methyl sites for hydroxylation is 1. The molecule has 0 N–H and O–H groups in total. The summed E-state index contributed by atoms with van der Waals surface area (Å²) in [5.41, 5.74) is 1.17. The minimum absolute atomic E-state index is 0.190. The molecule has 20 heavy (non-hydrogen) atoms. The van der Waals surface area contributed by atoms with Gasteiger partial charge in [-0.2, -0.15) is 0 Å². The van der Waals surface area contributed by atoms with Crippen LogP contribution in [0.4, 0.5) is 10.4 Å². The van der Waals surface area contributed by atoms with Crippen LogP contribution in [0, 0.1) is 5.82 Å². The molecule has 0 radical (unpaired) electrons. The van der Waals surface area contributed by atoms with Gasteiger partial charge in [0.05, 0.1) is 0 Å². The third kappa shape index (κ3) is 2.66. The lowest BCUT2D eigenvalue weighted by Gasteiger charge is -2.13. The van der Waals surface area contributed by atoms with E-state index < -0.39 is 0 Å². The van der Waals surface area contributed by atoms with Crippen LogP contribution in [0.25, 0.3) is 0 Å². The zero-order chi connectivity index (χ0) is 13.9. The predicted octanol–water partition coefficient (Wildman–Crippen LogP) is 3.16. The Hall–Kier alpha value is -1.91. The zero-order valence-corrected chi connectivity index (χ0v) is 11.6. The second-order valence-electron chi connectivity index (χ2n) is 5.21. The van der Waals surface area contributed by atoms with Crippen LogP contribution in [0.15, 0.2) is 28.7 Å². The Labute approximate surface area is 117 Å². The first kappa shape index (κ1) is 13.1. The lowest BCUT2D eigenvalue weighted by molar-refractivity contribution is 0.486. The highest BCUT2D eigenvalue weighted by molar-refractivity contribution is 5.32. The van der Waals surface area contributed by atoms with Crippen molar-refractivity contribution < 1.29 is 8.81 Å². The molecule has 4 nitrogen and oxygen atoms in total. The van der Waals surface area contributed by atoms with Crippen molar-refractivity contribution in [1.82, 2.24) is 10.2 Å². The van der Waals surface area contributed by atoms with E-state index in [1.165, 1.54) is 17.7 Å². The van der Waals surface area contributed by atoms with E-state index in [-0.39, 0.29) is 5.82 Å². The van der Waals surface area contributed by atoms with E-state index in [9.17, 15) is 4.39 Å². The van der Waals surface area contributed by atoms with Gasteiger partial charge in [-0.1, -0.05) is 24.2 Å². The molecule has 1 atom stereocenters. The fourth-order valence-electron chi connectivity index (χ4n) is 2.63. The van der Waals surface area contributed by atoms with Gasteiger partial charge in [0.15, 0.2) is 0 Å². The largest absolute Gasteiger partial charge is 0.408 e. The maximum absolute atomic E-state index is 12.9. The van der Waals surface area contributed by atoms with Crippen LogP contribution in [-0.4, -0.2) is 23.3 Å². The molecule has 0 spiro atoms. The minimum Gasteiger partial charge on any atom is -0.408 e. The molecular weight excluding hydrogens is 257 g/mol. The lowest BCUT2D eigenvalue weighted by Crippen LogP contribution is -2.19. The summed E-state index contributed by atoms with van der Waals surface area (Å²) in [4.78, 5) is 2.11. The van der Waals surface area contributed by atoms with Crippen molar-refractivity contribution in [2.24, 2.45) is 0 Å². The van der Waals surface area contributed by atoms with Crippen LogP contribution in [0.1, 0.15) is 37.1 Å². The number of benzene rings is 1. The first-order chi connectivity index (χ1) is 9.76. The normalized spacial score (nSPS) is 18.7. The summed E-state index contributed by atoms with van der Waals surface area (Å²) in [6.45, 7) is 3.83. The maximum Gasteiger partial charge on any atom is 0.318 e. The third-order valence-corrected chi connectivity index (χ3v) is 3.72. The van der Waals surface area contributed by atoms with Gasteiger partial charge in [0.25, 0.3) is 0 Å². The van der Waals surface area contributed by atoms with E-state index in [2.05, 4.69) is 22.0 Å². The average molecular weight is 275 g/mol. The van der Waals surface area contributed by atoms with E-state index in [1.807, 2.05) is 12.1 Å². The summed E-state index contributed by atoms with van der Waals surface area (Å²) >= 11 is 0. The Bertz CT molecular complexity index is 567. The molecule has 1 saturated heterocycles. The fraction of sp³-hybridized carbons (Fsp3) is 0.467. The second kappa shape index (κ2) is 5.61. The molecule has 2 heterocycles. The topological polar surface area (TPSA) is 42.2 Å². The Morgan fingerprint density at radius 2 is 2.10 bits per heavy atom. The Morgan fingerprint density at radius 3 is 2.85 bits per heavy atom. The van der Waals surface area contributed by atoms with Crippen molar-refractivity contribution in [3.05, 3.63) is 41.5 Å². The van der Waals surface area contributed by atoms with Gasteiger partial charge in [0.2, 0.25) is 5.89 Å². The molecule has 1 fully saturated rings. The lowest BCUT2D eigenvalue weighted by atomic mass is 9.99. The van der Waals surface area contributed by atoms with Crippen LogP contribution < -0.4 is 4.90 Å². The van der Waals surface area contributed by atoms with Gasteiger partial charge in [-0.05, 0) is 30.5 Å². The third-order valence-electron chi connectivity index (χ3n) is 3.72. The van der Waals surface area contributed by atoms with Crippen LogP contribution in [-0.2, 0) is 6.42 Å². The summed E-state index contributed by atoms with van der Waals surface area (Å²) in [5.74, 6) is 0.912. The molecule has 1 unspecified atom stereocenters. The van der Waals surface area contributed by atoms with Gasteiger partial charge in [-0.3, -0.25) is 0 Å². The number of hydrogen-bond donors (Lipinski definition) is 0.